The molecule has 1 amide bonds. The normalized spacial score (nSPS) is 16.9. The van der Waals surface area contributed by atoms with Crippen molar-refractivity contribution >= 4 is 23.2 Å². The molecule has 6 heteroatoms. The first-order valence-corrected chi connectivity index (χ1v) is 9.58. The third-order valence-corrected chi connectivity index (χ3v) is 5.29. The van der Waals surface area contributed by atoms with Gasteiger partial charge >= 0.3 is 0 Å². The number of nitrogens with zero attached hydrogens (tertiary/aromatic N) is 1. The minimum absolute atomic E-state index is 0.155. The zero-order valence-corrected chi connectivity index (χ0v) is 16.6. The number of ether oxygens (including phenoxy) is 1. The summed E-state index contributed by atoms with van der Waals surface area (Å²) >= 11 is 6.22. The van der Waals surface area contributed by atoms with E-state index in [4.69, 9.17) is 16.3 Å². The van der Waals surface area contributed by atoms with E-state index in [1.807, 2.05) is 6.07 Å². The number of hydrogen-bond acceptors (Lipinski definition) is 4. The van der Waals surface area contributed by atoms with Crippen LogP contribution in [0.5, 0.6) is 5.75 Å². The summed E-state index contributed by atoms with van der Waals surface area (Å²) in [6.07, 6.45) is 1.09. The van der Waals surface area contributed by atoms with Gasteiger partial charge < -0.3 is 15.4 Å². The van der Waals surface area contributed by atoms with Gasteiger partial charge in [0.25, 0.3) is 5.91 Å². The van der Waals surface area contributed by atoms with Crippen LogP contribution >= 0.6 is 11.6 Å². The van der Waals surface area contributed by atoms with E-state index in [0.29, 0.717) is 28.8 Å². The van der Waals surface area contributed by atoms with Crippen molar-refractivity contribution in [2.24, 2.45) is 5.92 Å². The number of halogens is 1. The molecule has 2 N–H and O–H groups in total. The molecule has 1 atom stereocenters. The fourth-order valence-electron chi connectivity index (χ4n) is 3.49. The zero-order valence-electron chi connectivity index (χ0n) is 15.8. The molecule has 1 aliphatic rings. The molecule has 1 saturated heterocycles. The fourth-order valence-corrected chi connectivity index (χ4v) is 3.75. The molecule has 1 fully saturated rings. The van der Waals surface area contributed by atoms with Gasteiger partial charge in [0.2, 0.25) is 0 Å². The Hall–Kier alpha value is -2.24. The molecule has 144 valence electrons. The second-order valence-corrected chi connectivity index (χ2v) is 7.27. The molecule has 0 unspecified atom stereocenters. The van der Waals surface area contributed by atoms with Gasteiger partial charge in [-0.1, -0.05) is 41.9 Å². The van der Waals surface area contributed by atoms with Crippen LogP contribution in [0.2, 0.25) is 5.02 Å². The summed E-state index contributed by atoms with van der Waals surface area (Å²) in [5.41, 5.74) is 2.52. The van der Waals surface area contributed by atoms with Gasteiger partial charge in [0.1, 0.15) is 5.75 Å². The highest BCUT2D eigenvalue weighted by Crippen LogP contribution is 2.30. The highest BCUT2D eigenvalue weighted by Gasteiger charge is 2.24. The van der Waals surface area contributed by atoms with Gasteiger partial charge in [0, 0.05) is 32.7 Å². The fraction of sp³-hybridized carbons (Fsp3) is 0.381. The minimum atomic E-state index is -0.155. The summed E-state index contributed by atoms with van der Waals surface area (Å²) in [5, 5.41) is 6.53. The summed E-state index contributed by atoms with van der Waals surface area (Å²) in [5.74, 6) is 0.812. The van der Waals surface area contributed by atoms with Crippen LogP contribution in [0.4, 0.5) is 5.69 Å². The van der Waals surface area contributed by atoms with Crippen LogP contribution in [-0.4, -0.2) is 44.6 Å². The van der Waals surface area contributed by atoms with Crippen LogP contribution in [-0.2, 0) is 6.54 Å². The lowest BCUT2D eigenvalue weighted by Gasteiger charge is -2.17. The number of likely N-dealkylation sites (tertiary alicyclic amines) is 1. The molecule has 0 radical (unpaired) electrons. The number of rotatable bonds is 7. The lowest BCUT2D eigenvalue weighted by molar-refractivity contribution is 0.0944. The molecular formula is C21H26ClN3O2. The average Bonchev–Trinajstić information content (AvgIpc) is 3.14. The van der Waals surface area contributed by atoms with E-state index in [-0.39, 0.29) is 5.91 Å². The van der Waals surface area contributed by atoms with Crippen LogP contribution in [0.3, 0.4) is 0 Å². The van der Waals surface area contributed by atoms with Crippen LogP contribution in [0.25, 0.3) is 0 Å². The summed E-state index contributed by atoms with van der Waals surface area (Å²) in [4.78, 5) is 15.1. The second-order valence-electron chi connectivity index (χ2n) is 6.87. The van der Waals surface area contributed by atoms with Crippen molar-refractivity contribution in [2.75, 3.05) is 39.1 Å². The Labute approximate surface area is 165 Å². The monoisotopic (exact) mass is 387 g/mol. The Morgan fingerprint density at radius 1 is 1.30 bits per heavy atom. The molecule has 0 bridgehead atoms. The van der Waals surface area contributed by atoms with Crippen LogP contribution in [0.1, 0.15) is 22.3 Å². The molecule has 5 nitrogen and oxygen atoms in total. The highest BCUT2D eigenvalue weighted by molar-refractivity contribution is 6.33. The number of benzene rings is 2. The smallest absolute Gasteiger partial charge is 0.255 e. The Morgan fingerprint density at radius 2 is 2.07 bits per heavy atom. The summed E-state index contributed by atoms with van der Waals surface area (Å²) in [6, 6.07) is 13.9. The number of methoxy groups -OCH3 is 1. The Balaban J connectivity index is 1.55. The Kier molecular flexibility index (Phi) is 6.58. The number of hydrogen-bond donors (Lipinski definition) is 2. The van der Waals surface area contributed by atoms with Gasteiger partial charge in [0.15, 0.2) is 0 Å². The van der Waals surface area contributed by atoms with Crippen molar-refractivity contribution in [3.63, 3.8) is 0 Å². The van der Waals surface area contributed by atoms with Crippen molar-refractivity contribution in [3.05, 3.63) is 58.6 Å². The number of nitrogens with one attached hydrogen (secondary N) is 2. The largest absolute Gasteiger partial charge is 0.496 e. The highest BCUT2D eigenvalue weighted by atomic mass is 35.5. The third-order valence-electron chi connectivity index (χ3n) is 4.97. The van der Waals surface area contributed by atoms with Gasteiger partial charge in [-0.2, -0.15) is 0 Å². The number of amides is 1. The standard InChI is InChI=1S/C21H26ClN3O2/c1-23-19-11-20(27-2)17(10-18(19)22)21(26)24-12-16-8-9-25(14-16)13-15-6-4-3-5-7-15/h3-7,10-11,16,23H,8-9,12-14H2,1-2H3,(H,24,26)/t16-/m0/s1. The van der Waals surface area contributed by atoms with Gasteiger partial charge in [-0.15, -0.1) is 0 Å². The first-order valence-electron chi connectivity index (χ1n) is 9.20. The first kappa shape index (κ1) is 19.5. The van der Waals surface area contributed by atoms with Crippen molar-refractivity contribution in [1.29, 1.82) is 0 Å². The molecule has 1 heterocycles. The molecule has 2 aromatic rings. The summed E-state index contributed by atoms with van der Waals surface area (Å²) in [7, 11) is 3.33. The molecule has 3 rings (SSSR count). The van der Waals surface area contributed by atoms with E-state index in [9.17, 15) is 4.79 Å². The summed E-state index contributed by atoms with van der Waals surface area (Å²) < 4.78 is 5.35. The number of anilines is 1. The van der Waals surface area contributed by atoms with Gasteiger partial charge in [-0.3, -0.25) is 9.69 Å². The average molecular weight is 388 g/mol. The Bertz CT molecular complexity index is 782. The zero-order chi connectivity index (χ0) is 19.2. The van der Waals surface area contributed by atoms with Crippen molar-refractivity contribution in [3.8, 4) is 5.75 Å². The predicted octanol–water partition coefficient (Wildman–Crippen LogP) is 3.64. The quantitative estimate of drug-likeness (QED) is 0.761. The van der Waals surface area contributed by atoms with E-state index in [1.54, 1.807) is 26.3 Å². The van der Waals surface area contributed by atoms with E-state index in [1.165, 1.54) is 5.56 Å². The number of carbonyl (C=O) groups is 1. The SMILES string of the molecule is CNc1cc(OC)c(C(=O)NC[C@@H]2CCN(Cc3ccccc3)C2)cc1Cl. The van der Waals surface area contributed by atoms with Crippen LogP contribution in [0.15, 0.2) is 42.5 Å². The van der Waals surface area contributed by atoms with Gasteiger partial charge in [-0.05, 0) is 30.5 Å². The predicted molar refractivity (Wildman–Crippen MR) is 110 cm³/mol. The van der Waals surface area contributed by atoms with Gasteiger partial charge in [-0.25, -0.2) is 0 Å². The number of carbonyl (C=O) groups excluding carboxylic acids is 1. The molecule has 0 saturated carbocycles. The minimum Gasteiger partial charge on any atom is -0.496 e. The maximum atomic E-state index is 12.6. The van der Waals surface area contributed by atoms with Gasteiger partial charge in [0.05, 0.1) is 23.4 Å². The molecule has 0 aromatic heterocycles. The maximum Gasteiger partial charge on any atom is 0.255 e. The van der Waals surface area contributed by atoms with Crippen molar-refractivity contribution in [2.45, 2.75) is 13.0 Å². The molecule has 0 spiro atoms. The molecular weight excluding hydrogens is 362 g/mol. The third kappa shape index (κ3) is 4.93. The summed E-state index contributed by atoms with van der Waals surface area (Å²) in [6.45, 7) is 3.66. The maximum absolute atomic E-state index is 12.6. The second kappa shape index (κ2) is 9.11. The van der Waals surface area contributed by atoms with Crippen molar-refractivity contribution in [1.82, 2.24) is 10.2 Å². The van der Waals surface area contributed by atoms with E-state index >= 15 is 0 Å². The first-order chi connectivity index (χ1) is 13.1. The molecule has 0 aliphatic carbocycles. The molecule has 1 aliphatic heterocycles. The van der Waals surface area contributed by atoms with E-state index < -0.39 is 0 Å². The molecule has 2 aromatic carbocycles. The van der Waals surface area contributed by atoms with E-state index in [0.717, 1.165) is 31.7 Å². The lowest BCUT2D eigenvalue weighted by Crippen LogP contribution is -2.31. The molecule has 27 heavy (non-hydrogen) atoms. The van der Waals surface area contributed by atoms with Crippen LogP contribution in [0, 0.1) is 5.92 Å². The van der Waals surface area contributed by atoms with Crippen LogP contribution < -0.4 is 15.4 Å². The topological polar surface area (TPSA) is 53.6 Å². The Morgan fingerprint density at radius 3 is 2.78 bits per heavy atom. The van der Waals surface area contributed by atoms with E-state index in [2.05, 4.69) is 39.8 Å². The lowest BCUT2D eigenvalue weighted by atomic mass is 10.1. The van der Waals surface area contributed by atoms with Crippen molar-refractivity contribution < 1.29 is 9.53 Å².